The molecule has 64 valence electrons. The predicted molar refractivity (Wildman–Crippen MR) is 37.3 cm³/mol. The lowest BCUT2D eigenvalue weighted by molar-refractivity contribution is -0.137. The van der Waals surface area contributed by atoms with Gasteiger partial charge in [-0.3, -0.25) is 4.79 Å². The summed E-state index contributed by atoms with van der Waals surface area (Å²) in [6, 6.07) is 0. The Bertz CT molecular complexity index is 155. The smallest absolute Gasteiger partial charge is 0.409 e. The molecule has 0 saturated heterocycles. The van der Waals surface area contributed by atoms with Crippen LogP contribution in [0.25, 0.3) is 0 Å². The molecule has 0 spiro atoms. The van der Waals surface area contributed by atoms with Crippen molar-refractivity contribution in [1.82, 2.24) is 4.90 Å². The van der Waals surface area contributed by atoms with Crippen LogP contribution >= 0.6 is 0 Å². The summed E-state index contributed by atoms with van der Waals surface area (Å²) < 4.78 is 4.52. The molecule has 0 atom stereocenters. The SMILES string of the molecule is CN(C)C(=O)OCCC(=O)O. The molecule has 0 aromatic carbocycles. The van der Waals surface area contributed by atoms with Crippen LogP contribution in [0, 0.1) is 0 Å². The van der Waals surface area contributed by atoms with E-state index < -0.39 is 12.1 Å². The first-order chi connectivity index (χ1) is 5.04. The number of carbonyl (C=O) groups excluding carboxylic acids is 1. The lowest BCUT2D eigenvalue weighted by atomic mass is 10.5. The topological polar surface area (TPSA) is 66.8 Å². The van der Waals surface area contributed by atoms with Gasteiger partial charge >= 0.3 is 12.1 Å². The van der Waals surface area contributed by atoms with Crippen LogP contribution in [-0.4, -0.2) is 42.8 Å². The zero-order chi connectivity index (χ0) is 8.85. The molecule has 0 fully saturated rings. The summed E-state index contributed by atoms with van der Waals surface area (Å²) in [5.41, 5.74) is 0. The van der Waals surface area contributed by atoms with Crippen molar-refractivity contribution in [3.8, 4) is 0 Å². The van der Waals surface area contributed by atoms with Crippen molar-refractivity contribution in [3.05, 3.63) is 0 Å². The Morgan fingerprint density at radius 3 is 2.36 bits per heavy atom. The fraction of sp³-hybridized carbons (Fsp3) is 0.667. The van der Waals surface area contributed by atoms with Gasteiger partial charge in [-0.1, -0.05) is 0 Å². The Labute approximate surface area is 64.6 Å². The maximum Gasteiger partial charge on any atom is 0.409 e. The lowest BCUT2D eigenvalue weighted by Crippen LogP contribution is -2.23. The fourth-order valence-electron chi connectivity index (χ4n) is 0.355. The van der Waals surface area contributed by atoms with Crippen molar-refractivity contribution in [2.24, 2.45) is 0 Å². The van der Waals surface area contributed by atoms with E-state index in [0.29, 0.717) is 0 Å². The van der Waals surface area contributed by atoms with Crippen molar-refractivity contribution in [2.45, 2.75) is 6.42 Å². The Morgan fingerprint density at radius 2 is 2.00 bits per heavy atom. The van der Waals surface area contributed by atoms with Gasteiger partial charge in [0.2, 0.25) is 0 Å². The van der Waals surface area contributed by atoms with Crippen molar-refractivity contribution in [1.29, 1.82) is 0 Å². The first-order valence-corrected chi connectivity index (χ1v) is 3.10. The second-order valence-electron chi connectivity index (χ2n) is 2.15. The number of aliphatic carboxylic acids is 1. The summed E-state index contributed by atoms with van der Waals surface area (Å²) in [7, 11) is 3.06. The quantitative estimate of drug-likeness (QED) is 0.640. The van der Waals surface area contributed by atoms with Gasteiger partial charge in [0.1, 0.15) is 6.61 Å². The number of nitrogens with zero attached hydrogens (tertiary/aromatic N) is 1. The molecular formula is C6H11NO4. The average Bonchev–Trinajstić information content (AvgIpc) is 1.86. The molecule has 5 nitrogen and oxygen atoms in total. The molecule has 0 aliphatic carbocycles. The van der Waals surface area contributed by atoms with Gasteiger partial charge in [0.25, 0.3) is 0 Å². The van der Waals surface area contributed by atoms with E-state index in [4.69, 9.17) is 5.11 Å². The molecule has 1 amide bonds. The Balaban J connectivity index is 3.39. The van der Waals surface area contributed by atoms with E-state index in [1.807, 2.05) is 0 Å². The van der Waals surface area contributed by atoms with Gasteiger partial charge in [0.05, 0.1) is 6.42 Å². The van der Waals surface area contributed by atoms with Gasteiger partial charge in [0, 0.05) is 14.1 Å². The molecule has 0 bridgehead atoms. The van der Waals surface area contributed by atoms with Crippen LogP contribution < -0.4 is 0 Å². The number of hydrogen-bond acceptors (Lipinski definition) is 3. The minimum Gasteiger partial charge on any atom is -0.481 e. The standard InChI is InChI=1S/C6H11NO4/c1-7(2)6(10)11-4-3-5(8)9/h3-4H2,1-2H3,(H,8,9). The van der Waals surface area contributed by atoms with Crippen LogP contribution in [0.2, 0.25) is 0 Å². The third-order valence-corrected chi connectivity index (χ3v) is 0.907. The summed E-state index contributed by atoms with van der Waals surface area (Å²) in [5.74, 6) is -0.975. The molecule has 0 aliphatic rings. The Hall–Kier alpha value is -1.26. The fourth-order valence-corrected chi connectivity index (χ4v) is 0.355. The second-order valence-corrected chi connectivity index (χ2v) is 2.15. The van der Waals surface area contributed by atoms with E-state index in [-0.39, 0.29) is 13.0 Å². The van der Waals surface area contributed by atoms with E-state index in [1.165, 1.54) is 19.0 Å². The van der Waals surface area contributed by atoms with E-state index in [9.17, 15) is 9.59 Å². The van der Waals surface area contributed by atoms with Crippen molar-refractivity contribution in [3.63, 3.8) is 0 Å². The number of amides is 1. The highest BCUT2D eigenvalue weighted by atomic mass is 16.6. The zero-order valence-corrected chi connectivity index (χ0v) is 6.53. The summed E-state index contributed by atoms with van der Waals surface area (Å²) in [5, 5.41) is 8.16. The molecular weight excluding hydrogens is 150 g/mol. The molecule has 0 aliphatic heterocycles. The lowest BCUT2D eigenvalue weighted by Gasteiger charge is -2.09. The number of carboxylic acid groups (broad SMARTS) is 1. The van der Waals surface area contributed by atoms with Crippen LogP contribution in [-0.2, 0) is 9.53 Å². The Morgan fingerprint density at radius 1 is 1.45 bits per heavy atom. The van der Waals surface area contributed by atoms with Gasteiger partial charge in [-0.25, -0.2) is 4.79 Å². The van der Waals surface area contributed by atoms with Crippen LogP contribution in [0.15, 0.2) is 0 Å². The summed E-state index contributed by atoms with van der Waals surface area (Å²) in [4.78, 5) is 21.8. The first-order valence-electron chi connectivity index (χ1n) is 3.10. The van der Waals surface area contributed by atoms with E-state index in [1.54, 1.807) is 0 Å². The number of rotatable bonds is 3. The number of hydrogen-bond donors (Lipinski definition) is 1. The molecule has 0 aromatic rings. The largest absolute Gasteiger partial charge is 0.481 e. The molecule has 5 heteroatoms. The maximum absolute atomic E-state index is 10.6. The summed E-state index contributed by atoms with van der Waals surface area (Å²) in [6.45, 7) is -0.0770. The molecule has 0 saturated carbocycles. The minimum atomic E-state index is -0.975. The van der Waals surface area contributed by atoms with Gasteiger partial charge in [0.15, 0.2) is 0 Å². The summed E-state index contributed by atoms with van der Waals surface area (Å²) >= 11 is 0. The molecule has 0 aromatic heterocycles. The van der Waals surface area contributed by atoms with Crippen molar-refractivity contribution in [2.75, 3.05) is 20.7 Å². The van der Waals surface area contributed by atoms with E-state index in [2.05, 4.69) is 4.74 Å². The van der Waals surface area contributed by atoms with Gasteiger partial charge in [-0.15, -0.1) is 0 Å². The molecule has 11 heavy (non-hydrogen) atoms. The van der Waals surface area contributed by atoms with Crippen LogP contribution in [0.4, 0.5) is 4.79 Å². The highest BCUT2D eigenvalue weighted by Gasteiger charge is 2.04. The maximum atomic E-state index is 10.6. The number of carbonyl (C=O) groups is 2. The normalized spacial score (nSPS) is 8.91. The van der Waals surface area contributed by atoms with Crippen molar-refractivity contribution >= 4 is 12.1 Å². The molecule has 0 radical (unpaired) electrons. The van der Waals surface area contributed by atoms with Gasteiger partial charge < -0.3 is 14.7 Å². The van der Waals surface area contributed by atoms with Gasteiger partial charge in [-0.2, -0.15) is 0 Å². The van der Waals surface area contributed by atoms with E-state index in [0.717, 1.165) is 0 Å². The van der Waals surface area contributed by atoms with Crippen molar-refractivity contribution < 1.29 is 19.4 Å². The van der Waals surface area contributed by atoms with Crippen LogP contribution in [0.1, 0.15) is 6.42 Å². The number of ether oxygens (including phenoxy) is 1. The molecule has 0 unspecified atom stereocenters. The third-order valence-electron chi connectivity index (χ3n) is 0.907. The Kier molecular flexibility index (Phi) is 4.02. The predicted octanol–water partition coefficient (Wildman–Crippen LogP) is 0.159. The first kappa shape index (κ1) is 9.74. The highest BCUT2D eigenvalue weighted by Crippen LogP contribution is 1.88. The molecule has 1 N–H and O–H groups in total. The van der Waals surface area contributed by atoms with Crippen LogP contribution in [0.3, 0.4) is 0 Å². The summed E-state index contributed by atoms with van der Waals surface area (Å²) in [6.07, 6.45) is -0.675. The zero-order valence-electron chi connectivity index (χ0n) is 6.53. The number of carboxylic acids is 1. The third kappa shape index (κ3) is 5.20. The minimum absolute atomic E-state index is 0.0770. The second kappa shape index (κ2) is 4.54. The van der Waals surface area contributed by atoms with E-state index >= 15 is 0 Å². The van der Waals surface area contributed by atoms with Gasteiger partial charge in [-0.05, 0) is 0 Å². The monoisotopic (exact) mass is 161 g/mol. The highest BCUT2D eigenvalue weighted by molar-refractivity contribution is 5.69. The van der Waals surface area contributed by atoms with Crippen LogP contribution in [0.5, 0.6) is 0 Å². The average molecular weight is 161 g/mol. The molecule has 0 heterocycles. The molecule has 0 rings (SSSR count).